The molecule has 2 aromatic carbocycles. The summed E-state index contributed by atoms with van der Waals surface area (Å²) in [5.74, 6) is 0.731. The fourth-order valence-corrected chi connectivity index (χ4v) is 2.66. The molecule has 27 heavy (non-hydrogen) atoms. The van der Waals surface area contributed by atoms with E-state index in [1.165, 1.54) is 12.8 Å². The van der Waals surface area contributed by atoms with Crippen molar-refractivity contribution in [3.63, 3.8) is 0 Å². The Morgan fingerprint density at radius 3 is 2.56 bits per heavy atom. The first-order valence-corrected chi connectivity index (χ1v) is 9.19. The van der Waals surface area contributed by atoms with Crippen molar-refractivity contribution in [1.82, 2.24) is 15.0 Å². The molecule has 0 radical (unpaired) electrons. The van der Waals surface area contributed by atoms with Crippen molar-refractivity contribution >= 4 is 21.8 Å². The fourth-order valence-electron chi connectivity index (χ4n) is 2.66. The molecule has 0 atom stereocenters. The van der Waals surface area contributed by atoms with Crippen molar-refractivity contribution < 1.29 is 4.74 Å². The van der Waals surface area contributed by atoms with Crippen LogP contribution in [0.4, 0.5) is 0 Å². The maximum atomic E-state index is 10.7. The third kappa shape index (κ3) is 5.38. The van der Waals surface area contributed by atoms with Gasteiger partial charge in [-0.15, -0.1) is 0 Å². The number of benzene rings is 2. The lowest BCUT2D eigenvalue weighted by Gasteiger charge is -2.05. The summed E-state index contributed by atoms with van der Waals surface area (Å²) in [6, 6.07) is 19.6. The Morgan fingerprint density at radius 2 is 1.70 bits per heavy atom. The number of ether oxygens (including phenoxy) is 1. The van der Waals surface area contributed by atoms with E-state index in [4.69, 9.17) is 4.74 Å². The normalized spacial score (nSPS) is 10.4. The second kappa shape index (κ2) is 9.48. The zero-order valence-corrected chi connectivity index (χ0v) is 15.4. The zero-order valence-electron chi connectivity index (χ0n) is 15.4. The Kier molecular flexibility index (Phi) is 6.52. The summed E-state index contributed by atoms with van der Waals surface area (Å²) >= 11 is 0. The molecule has 5 nitrogen and oxygen atoms in total. The average molecular weight is 361 g/mol. The minimum Gasteiger partial charge on any atom is -0.478 e. The van der Waals surface area contributed by atoms with E-state index >= 15 is 0 Å². The molecule has 2 aromatic heterocycles. The smallest absolute Gasteiger partial charge is 0.345 e. The predicted octanol–water partition coefficient (Wildman–Crippen LogP) is 4.73. The van der Waals surface area contributed by atoms with Gasteiger partial charge in [-0.1, -0.05) is 56.2 Å². The van der Waals surface area contributed by atoms with Gasteiger partial charge < -0.3 is 9.72 Å². The van der Waals surface area contributed by atoms with E-state index in [1.54, 1.807) is 6.20 Å². The van der Waals surface area contributed by atoms with Gasteiger partial charge in [0.15, 0.2) is 0 Å². The van der Waals surface area contributed by atoms with E-state index in [1.807, 2.05) is 48.5 Å². The van der Waals surface area contributed by atoms with Gasteiger partial charge in [-0.3, -0.25) is 0 Å². The molecule has 4 rings (SSSR count). The van der Waals surface area contributed by atoms with Crippen LogP contribution in [0.3, 0.4) is 0 Å². The second-order valence-electron chi connectivity index (χ2n) is 6.17. The number of fused-ring (bicyclic) bond motifs is 2. The summed E-state index contributed by atoms with van der Waals surface area (Å²) < 4.78 is 5.61. The number of nitrogens with zero attached hydrogens (tertiary/aromatic N) is 2. The summed E-state index contributed by atoms with van der Waals surface area (Å²) in [6.45, 7) is 2.95. The summed E-state index contributed by atoms with van der Waals surface area (Å²) in [5.41, 5.74) is 1.52. The minimum atomic E-state index is -0.302. The number of aromatic nitrogens is 3. The van der Waals surface area contributed by atoms with Crippen molar-refractivity contribution in [2.24, 2.45) is 0 Å². The van der Waals surface area contributed by atoms with Gasteiger partial charge in [0.25, 0.3) is 0 Å². The van der Waals surface area contributed by atoms with Gasteiger partial charge in [0.05, 0.1) is 17.6 Å². The number of hydrogen-bond donors (Lipinski definition) is 1. The lowest BCUT2D eigenvalue weighted by molar-refractivity contribution is 0.296. The van der Waals surface area contributed by atoms with Crippen LogP contribution < -0.4 is 10.4 Å². The summed E-state index contributed by atoms with van der Waals surface area (Å²) in [4.78, 5) is 21.4. The Morgan fingerprint density at radius 1 is 0.926 bits per heavy atom. The molecule has 0 spiro atoms. The van der Waals surface area contributed by atoms with Crippen molar-refractivity contribution in [3.8, 4) is 5.88 Å². The van der Waals surface area contributed by atoms with Gasteiger partial charge >= 0.3 is 5.69 Å². The lowest BCUT2D eigenvalue weighted by Crippen LogP contribution is -2.07. The molecule has 0 saturated heterocycles. The monoisotopic (exact) mass is 361 g/mol. The van der Waals surface area contributed by atoms with Gasteiger partial charge in [-0.05, 0) is 24.6 Å². The van der Waals surface area contributed by atoms with Crippen molar-refractivity contribution in [1.29, 1.82) is 0 Å². The Hall–Kier alpha value is -3.21. The number of para-hydroxylation sites is 2. The van der Waals surface area contributed by atoms with E-state index in [0.717, 1.165) is 40.7 Å². The lowest BCUT2D eigenvalue weighted by atomic mass is 10.2. The number of aromatic amines is 1. The van der Waals surface area contributed by atoms with E-state index in [2.05, 4.69) is 34.0 Å². The van der Waals surface area contributed by atoms with Crippen molar-refractivity contribution in [3.05, 3.63) is 77.3 Å². The summed E-state index contributed by atoms with van der Waals surface area (Å²) in [6.07, 6.45) is 5.10. The standard InChI is InChI=1S/C14H17NO.C8H6N2O/c1-2-3-6-11-16-14-10-9-12-7-4-5-8-13(12)15-14;11-8-9-5-6-3-1-2-4-7(6)10-8/h4-5,7-10H,2-3,6,11H2,1H3;1-5H,(H,9,10,11). The highest BCUT2D eigenvalue weighted by Gasteiger charge is 1.98. The van der Waals surface area contributed by atoms with Crippen LogP contribution in [0, 0.1) is 0 Å². The molecular formula is C22H23N3O2. The van der Waals surface area contributed by atoms with Gasteiger partial charge in [0, 0.05) is 23.0 Å². The molecule has 0 unspecified atom stereocenters. The SMILES string of the molecule is CCCCCOc1ccc2ccccc2n1.O=c1ncc2ccccc2[nH]1. The minimum absolute atomic E-state index is 0.302. The first-order chi connectivity index (χ1) is 13.3. The van der Waals surface area contributed by atoms with E-state index < -0.39 is 0 Å². The van der Waals surface area contributed by atoms with Crippen LogP contribution in [0.1, 0.15) is 26.2 Å². The first-order valence-electron chi connectivity index (χ1n) is 9.19. The van der Waals surface area contributed by atoms with Crippen LogP contribution in [-0.2, 0) is 0 Å². The fraction of sp³-hybridized carbons (Fsp3) is 0.227. The highest BCUT2D eigenvalue weighted by molar-refractivity contribution is 5.78. The third-order valence-electron chi connectivity index (χ3n) is 4.09. The number of nitrogens with one attached hydrogen (secondary N) is 1. The van der Waals surface area contributed by atoms with Crippen LogP contribution in [0.2, 0.25) is 0 Å². The number of hydrogen-bond acceptors (Lipinski definition) is 4. The Balaban J connectivity index is 0.000000166. The van der Waals surface area contributed by atoms with Crippen molar-refractivity contribution in [2.75, 3.05) is 6.61 Å². The van der Waals surface area contributed by atoms with Gasteiger partial charge in [-0.2, -0.15) is 0 Å². The van der Waals surface area contributed by atoms with Crippen LogP contribution in [0.5, 0.6) is 5.88 Å². The molecule has 0 aliphatic rings. The Bertz CT molecular complexity index is 1060. The summed E-state index contributed by atoms with van der Waals surface area (Å²) in [5, 5.41) is 2.11. The molecule has 5 heteroatoms. The quantitative estimate of drug-likeness (QED) is 0.522. The van der Waals surface area contributed by atoms with E-state index in [0.29, 0.717) is 0 Å². The highest BCUT2D eigenvalue weighted by atomic mass is 16.5. The molecule has 2 heterocycles. The van der Waals surface area contributed by atoms with Crippen LogP contribution in [0.25, 0.3) is 21.8 Å². The topological polar surface area (TPSA) is 67.9 Å². The van der Waals surface area contributed by atoms with Gasteiger partial charge in [0.2, 0.25) is 5.88 Å². The molecule has 0 saturated carbocycles. The van der Waals surface area contributed by atoms with Crippen LogP contribution >= 0.6 is 0 Å². The number of pyridine rings is 1. The average Bonchev–Trinajstić information content (AvgIpc) is 2.71. The van der Waals surface area contributed by atoms with Crippen LogP contribution in [0.15, 0.2) is 71.7 Å². The van der Waals surface area contributed by atoms with E-state index in [-0.39, 0.29) is 5.69 Å². The molecule has 0 fully saturated rings. The third-order valence-corrected chi connectivity index (χ3v) is 4.09. The largest absolute Gasteiger partial charge is 0.478 e. The maximum Gasteiger partial charge on any atom is 0.345 e. The molecular weight excluding hydrogens is 338 g/mol. The maximum absolute atomic E-state index is 10.7. The zero-order chi connectivity index (χ0) is 18.9. The molecule has 0 bridgehead atoms. The second-order valence-corrected chi connectivity index (χ2v) is 6.17. The van der Waals surface area contributed by atoms with E-state index in [9.17, 15) is 4.79 Å². The van der Waals surface area contributed by atoms with Gasteiger partial charge in [-0.25, -0.2) is 14.8 Å². The number of unbranched alkanes of at least 4 members (excludes halogenated alkanes) is 2. The Labute approximate surface area is 158 Å². The molecule has 1 N–H and O–H groups in total. The molecule has 138 valence electrons. The number of rotatable bonds is 5. The first kappa shape index (κ1) is 18.6. The number of H-pyrrole nitrogens is 1. The molecule has 0 amide bonds. The molecule has 0 aliphatic carbocycles. The molecule has 4 aromatic rings. The van der Waals surface area contributed by atoms with Gasteiger partial charge in [0.1, 0.15) is 0 Å². The van der Waals surface area contributed by atoms with Crippen molar-refractivity contribution in [2.45, 2.75) is 26.2 Å². The summed E-state index contributed by atoms with van der Waals surface area (Å²) in [7, 11) is 0. The molecule has 0 aliphatic heterocycles. The predicted molar refractivity (Wildman–Crippen MR) is 109 cm³/mol. The van der Waals surface area contributed by atoms with Crippen LogP contribution in [-0.4, -0.2) is 21.6 Å². The highest BCUT2D eigenvalue weighted by Crippen LogP contribution is 2.16.